The highest BCUT2D eigenvalue weighted by atomic mass is 16.5. The fourth-order valence-electron chi connectivity index (χ4n) is 1.90. The van der Waals surface area contributed by atoms with Gasteiger partial charge in [-0.2, -0.15) is 0 Å². The van der Waals surface area contributed by atoms with Crippen molar-refractivity contribution in [2.75, 3.05) is 14.2 Å². The van der Waals surface area contributed by atoms with Crippen LogP contribution in [-0.4, -0.2) is 32.2 Å². The average Bonchev–Trinajstić information content (AvgIpc) is 2.29. The van der Waals surface area contributed by atoms with Crippen LogP contribution in [0.2, 0.25) is 0 Å². The summed E-state index contributed by atoms with van der Waals surface area (Å²) in [5, 5.41) is 5.36. The van der Waals surface area contributed by atoms with Crippen LogP contribution in [0.25, 0.3) is 0 Å². The van der Waals surface area contributed by atoms with Crippen molar-refractivity contribution in [2.45, 2.75) is 31.7 Å². The van der Waals surface area contributed by atoms with Gasteiger partial charge in [0.15, 0.2) is 0 Å². The molecule has 0 aromatic rings. The lowest BCUT2D eigenvalue weighted by Gasteiger charge is -2.27. The Bertz CT molecular complexity index is 235. The minimum Gasteiger partial charge on any atom is -0.469 e. The highest BCUT2D eigenvalue weighted by Gasteiger charge is 2.27. The van der Waals surface area contributed by atoms with Crippen LogP contribution in [-0.2, 0) is 9.53 Å². The Balaban J connectivity index is 2.29. The molecule has 1 aliphatic rings. The maximum absolute atomic E-state index is 11.2. The lowest BCUT2D eigenvalue weighted by Crippen LogP contribution is -2.43. The van der Waals surface area contributed by atoms with Crippen LogP contribution in [0.1, 0.15) is 25.7 Å². The number of urea groups is 1. The topological polar surface area (TPSA) is 67.4 Å². The Kier molecular flexibility index (Phi) is 4.39. The summed E-state index contributed by atoms with van der Waals surface area (Å²) >= 11 is 0. The summed E-state index contributed by atoms with van der Waals surface area (Å²) in [6.07, 6.45) is 3.27. The van der Waals surface area contributed by atoms with Gasteiger partial charge in [-0.1, -0.05) is 0 Å². The molecule has 5 heteroatoms. The van der Waals surface area contributed by atoms with Gasteiger partial charge in [-0.25, -0.2) is 4.79 Å². The fraction of sp³-hybridized carbons (Fsp3) is 0.800. The van der Waals surface area contributed by atoms with Crippen LogP contribution in [0.5, 0.6) is 0 Å². The number of carbonyl (C=O) groups excluding carboxylic acids is 2. The largest absolute Gasteiger partial charge is 0.469 e. The van der Waals surface area contributed by atoms with Crippen LogP contribution in [0, 0.1) is 5.92 Å². The maximum atomic E-state index is 11.2. The first-order valence-electron chi connectivity index (χ1n) is 5.23. The molecule has 1 fully saturated rings. The van der Waals surface area contributed by atoms with Crippen molar-refractivity contribution in [3.8, 4) is 0 Å². The molecule has 0 saturated heterocycles. The number of nitrogens with one attached hydrogen (secondary N) is 2. The minimum absolute atomic E-state index is 0.0118. The highest BCUT2D eigenvalue weighted by molar-refractivity contribution is 5.74. The van der Waals surface area contributed by atoms with Gasteiger partial charge in [-0.05, 0) is 25.7 Å². The number of amides is 2. The maximum Gasteiger partial charge on any atom is 0.314 e. The Labute approximate surface area is 89.6 Å². The van der Waals surface area contributed by atoms with Crippen molar-refractivity contribution in [2.24, 2.45) is 5.92 Å². The van der Waals surface area contributed by atoms with Gasteiger partial charge in [0.1, 0.15) is 0 Å². The minimum atomic E-state index is -0.156. The van der Waals surface area contributed by atoms with Crippen molar-refractivity contribution < 1.29 is 14.3 Å². The smallest absolute Gasteiger partial charge is 0.314 e. The Morgan fingerprint density at radius 1 is 1.20 bits per heavy atom. The summed E-state index contributed by atoms with van der Waals surface area (Å²) in [4.78, 5) is 22.3. The van der Waals surface area contributed by atoms with Gasteiger partial charge >= 0.3 is 12.0 Å². The summed E-state index contributed by atoms with van der Waals surface area (Å²) in [5.74, 6) is -0.119. The fourth-order valence-corrected chi connectivity index (χ4v) is 1.90. The number of esters is 1. The second-order valence-electron chi connectivity index (χ2n) is 3.80. The summed E-state index contributed by atoms with van der Waals surface area (Å²) in [6.45, 7) is 0. The SMILES string of the molecule is CNC(=O)NC1CCC(C(=O)OC)CC1. The van der Waals surface area contributed by atoms with Gasteiger partial charge < -0.3 is 15.4 Å². The molecule has 0 atom stereocenters. The van der Waals surface area contributed by atoms with E-state index < -0.39 is 0 Å². The lowest BCUT2D eigenvalue weighted by atomic mass is 9.86. The van der Waals surface area contributed by atoms with Crippen LogP contribution >= 0.6 is 0 Å². The van der Waals surface area contributed by atoms with Crippen LogP contribution in [0.15, 0.2) is 0 Å². The second-order valence-corrected chi connectivity index (χ2v) is 3.80. The molecular weight excluding hydrogens is 196 g/mol. The lowest BCUT2D eigenvalue weighted by molar-refractivity contribution is -0.146. The molecule has 0 unspecified atom stereocenters. The quantitative estimate of drug-likeness (QED) is 0.663. The van der Waals surface area contributed by atoms with E-state index in [1.165, 1.54) is 7.11 Å². The van der Waals surface area contributed by atoms with Crippen molar-refractivity contribution >= 4 is 12.0 Å². The van der Waals surface area contributed by atoms with Crippen molar-refractivity contribution in [1.29, 1.82) is 0 Å². The van der Waals surface area contributed by atoms with Crippen molar-refractivity contribution in [3.63, 3.8) is 0 Å². The molecule has 0 aromatic heterocycles. The van der Waals surface area contributed by atoms with Crippen molar-refractivity contribution in [1.82, 2.24) is 10.6 Å². The van der Waals surface area contributed by atoms with E-state index in [1.54, 1.807) is 7.05 Å². The molecule has 1 saturated carbocycles. The second kappa shape index (κ2) is 5.58. The Morgan fingerprint density at radius 2 is 1.80 bits per heavy atom. The molecule has 0 aromatic carbocycles. The molecule has 15 heavy (non-hydrogen) atoms. The number of hydrogen-bond acceptors (Lipinski definition) is 3. The average molecular weight is 214 g/mol. The first kappa shape index (κ1) is 11.8. The molecule has 5 nitrogen and oxygen atoms in total. The predicted molar refractivity (Wildman–Crippen MR) is 55.4 cm³/mol. The van der Waals surface area contributed by atoms with E-state index >= 15 is 0 Å². The van der Waals surface area contributed by atoms with E-state index in [1.807, 2.05) is 0 Å². The van der Waals surface area contributed by atoms with Gasteiger partial charge in [0.05, 0.1) is 13.0 Å². The monoisotopic (exact) mass is 214 g/mol. The number of methoxy groups -OCH3 is 1. The zero-order chi connectivity index (χ0) is 11.3. The van der Waals surface area contributed by atoms with Gasteiger partial charge in [0.25, 0.3) is 0 Å². The molecule has 0 radical (unpaired) electrons. The van der Waals surface area contributed by atoms with Crippen LogP contribution < -0.4 is 10.6 Å². The number of carbonyl (C=O) groups is 2. The van der Waals surface area contributed by atoms with Gasteiger partial charge in [0.2, 0.25) is 0 Å². The molecule has 86 valence electrons. The van der Waals surface area contributed by atoms with Gasteiger partial charge in [-0.3, -0.25) is 4.79 Å². The van der Waals surface area contributed by atoms with Gasteiger partial charge in [-0.15, -0.1) is 0 Å². The standard InChI is InChI=1S/C10H18N2O3/c1-11-10(14)12-8-5-3-7(4-6-8)9(13)15-2/h7-8H,3-6H2,1-2H3,(H2,11,12,14). The number of hydrogen-bond donors (Lipinski definition) is 2. The Hall–Kier alpha value is -1.26. The molecule has 0 heterocycles. The zero-order valence-corrected chi connectivity index (χ0v) is 9.21. The van der Waals surface area contributed by atoms with Crippen LogP contribution in [0.3, 0.4) is 0 Å². The molecule has 1 rings (SSSR count). The van der Waals surface area contributed by atoms with Crippen LogP contribution in [0.4, 0.5) is 4.79 Å². The predicted octanol–water partition coefficient (Wildman–Crippen LogP) is 0.647. The van der Waals surface area contributed by atoms with E-state index in [0.29, 0.717) is 0 Å². The molecule has 2 N–H and O–H groups in total. The van der Waals surface area contributed by atoms with Gasteiger partial charge in [0, 0.05) is 13.1 Å². The normalized spacial score (nSPS) is 25.5. The molecule has 1 aliphatic carbocycles. The van der Waals surface area contributed by atoms with E-state index in [2.05, 4.69) is 15.4 Å². The third kappa shape index (κ3) is 3.42. The third-order valence-corrected chi connectivity index (χ3v) is 2.82. The van der Waals surface area contributed by atoms with E-state index in [4.69, 9.17) is 0 Å². The molecule has 0 bridgehead atoms. The number of ether oxygens (including phenoxy) is 1. The molecule has 0 aliphatic heterocycles. The first-order chi connectivity index (χ1) is 7.17. The van der Waals surface area contributed by atoms with E-state index in [9.17, 15) is 9.59 Å². The zero-order valence-electron chi connectivity index (χ0n) is 9.21. The Morgan fingerprint density at radius 3 is 2.27 bits per heavy atom. The first-order valence-corrected chi connectivity index (χ1v) is 5.23. The summed E-state index contributed by atoms with van der Waals surface area (Å²) < 4.78 is 4.69. The van der Waals surface area contributed by atoms with E-state index in [-0.39, 0.29) is 24.0 Å². The van der Waals surface area contributed by atoms with E-state index in [0.717, 1.165) is 25.7 Å². The highest BCUT2D eigenvalue weighted by Crippen LogP contribution is 2.25. The summed E-state index contributed by atoms with van der Waals surface area (Å²) in [6, 6.07) is 0.0300. The number of rotatable bonds is 2. The van der Waals surface area contributed by atoms with Crippen molar-refractivity contribution in [3.05, 3.63) is 0 Å². The third-order valence-electron chi connectivity index (χ3n) is 2.82. The summed E-state index contributed by atoms with van der Waals surface area (Å²) in [7, 11) is 3.01. The molecular formula is C10H18N2O3. The summed E-state index contributed by atoms with van der Waals surface area (Å²) in [5.41, 5.74) is 0. The molecule has 2 amide bonds. The molecule has 0 spiro atoms.